The third kappa shape index (κ3) is 11.4. The van der Waals surface area contributed by atoms with Crippen LogP contribution >= 0.6 is 24.0 Å². The smallest absolute Gasteiger partial charge is 0.191 e. The van der Waals surface area contributed by atoms with Crippen LogP contribution in [-0.4, -0.2) is 34.6 Å². The number of halogens is 1. The van der Waals surface area contributed by atoms with Gasteiger partial charge in [-0.3, -0.25) is 4.99 Å². The molecule has 1 aromatic heterocycles. The number of hydrogen-bond acceptors (Lipinski definition) is 2. The van der Waals surface area contributed by atoms with Crippen LogP contribution < -0.4 is 10.6 Å². The fraction of sp³-hybridized carbons (Fsp3) is 0.765. The summed E-state index contributed by atoms with van der Waals surface area (Å²) < 4.78 is 2.09. The van der Waals surface area contributed by atoms with E-state index in [4.69, 9.17) is 0 Å². The van der Waals surface area contributed by atoms with E-state index in [1.54, 1.807) is 0 Å². The second kappa shape index (κ2) is 11.7. The second-order valence-corrected chi connectivity index (χ2v) is 7.06. The summed E-state index contributed by atoms with van der Waals surface area (Å²) in [6.45, 7) is 13.9. The molecule has 0 aromatic carbocycles. The predicted octanol–water partition coefficient (Wildman–Crippen LogP) is 3.66. The van der Waals surface area contributed by atoms with Crippen LogP contribution in [0.4, 0.5) is 0 Å². The molecular formula is C17H34IN5. The molecule has 1 heterocycles. The van der Waals surface area contributed by atoms with Gasteiger partial charge in [-0.1, -0.05) is 20.8 Å². The molecule has 0 saturated carbocycles. The van der Waals surface area contributed by atoms with Crippen molar-refractivity contribution < 1.29 is 0 Å². The Kier molecular flexibility index (Phi) is 11.3. The summed E-state index contributed by atoms with van der Waals surface area (Å²) >= 11 is 0. The maximum absolute atomic E-state index is 4.66. The summed E-state index contributed by atoms with van der Waals surface area (Å²) in [4.78, 5) is 8.71. The number of hydrogen-bond donors (Lipinski definition) is 2. The number of nitrogens with one attached hydrogen (secondary N) is 2. The molecule has 0 fully saturated rings. The van der Waals surface area contributed by atoms with E-state index in [2.05, 4.69) is 59.8 Å². The highest BCUT2D eigenvalue weighted by atomic mass is 127. The molecule has 1 atom stereocenters. The first kappa shape index (κ1) is 22.2. The number of rotatable bonds is 8. The normalized spacial score (nSPS) is 13.3. The van der Waals surface area contributed by atoms with Crippen molar-refractivity contribution in [1.29, 1.82) is 0 Å². The van der Waals surface area contributed by atoms with Crippen molar-refractivity contribution in [3.8, 4) is 0 Å². The molecule has 0 bridgehead atoms. The van der Waals surface area contributed by atoms with E-state index in [-0.39, 0.29) is 24.0 Å². The number of aromatic nitrogens is 2. The third-order valence-electron chi connectivity index (χ3n) is 3.46. The van der Waals surface area contributed by atoms with Gasteiger partial charge in [-0.05, 0) is 38.5 Å². The molecule has 0 amide bonds. The Morgan fingerprint density at radius 2 is 2.09 bits per heavy atom. The number of imidazole rings is 1. The standard InChI is InChI=1S/C17H33N5.HI/c1-6-19-16(21-15(2)8-9-17(3,4)5)20-10-7-12-22-13-11-18-14-22;/h11,13-15H,6-10,12H2,1-5H3,(H2,19,20,21);1H. The number of nitrogens with zero attached hydrogens (tertiary/aromatic N) is 3. The van der Waals surface area contributed by atoms with Crippen LogP contribution in [0.25, 0.3) is 0 Å². The van der Waals surface area contributed by atoms with Gasteiger partial charge < -0.3 is 15.2 Å². The first-order valence-electron chi connectivity index (χ1n) is 8.41. The van der Waals surface area contributed by atoms with Crippen molar-refractivity contribution >= 4 is 29.9 Å². The summed E-state index contributed by atoms with van der Waals surface area (Å²) in [6.07, 6.45) is 9.03. The first-order chi connectivity index (χ1) is 10.4. The first-order valence-corrected chi connectivity index (χ1v) is 8.41. The number of aryl methyl sites for hydroxylation is 1. The minimum atomic E-state index is 0. The van der Waals surface area contributed by atoms with Gasteiger partial charge in [-0.2, -0.15) is 0 Å². The maximum Gasteiger partial charge on any atom is 0.191 e. The van der Waals surface area contributed by atoms with Gasteiger partial charge in [0.05, 0.1) is 6.33 Å². The van der Waals surface area contributed by atoms with Crippen molar-refractivity contribution in [1.82, 2.24) is 20.2 Å². The molecule has 1 aromatic rings. The highest BCUT2D eigenvalue weighted by Crippen LogP contribution is 2.21. The Morgan fingerprint density at radius 1 is 1.35 bits per heavy atom. The van der Waals surface area contributed by atoms with Crippen LogP contribution in [0, 0.1) is 5.41 Å². The molecular weight excluding hydrogens is 401 g/mol. The highest BCUT2D eigenvalue weighted by molar-refractivity contribution is 14.0. The van der Waals surface area contributed by atoms with Crippen LogP contribution in [0.2, 0.25) is 0 Å². The van der Waals surface area contributed by atoms with Crippen molar-refractivity contribution in [3.05, 3.63) is 18.7 Å². The fourth-order valence-corrected chi connectivity index (χ4v) is 2.14. The SMILES string of the molecule is CCNC(=NCCCn1ccnc1)NC(C)CCC(C)(C)C.I. The summed E-state index contributed by atoms with van der Waals surface area (Å²) in [7, 11) is 0. The summed E-state index contributed by atoms with van der Waals surface area (Å²) in [5.41, 5.74) is 0.385. The van der Waals surface area contributed by atoms with Gasteiger partial charge in [0.15, 0.2) is 5.96 Å². The van der Waals surface area contributed by atoms with E-state index >= 15 is 0 Å². The summed E-state index contributed by atoms with van der Waals surface area (Å²) in [6, 6.07) is 0.436. The predicted molar refractivity (Wildman–Crippen MR) is 110 cm³/mol. The van der Waals surface area contributed by atoms with Gasteiger partial charge in [0, 0.05) is 38.1 Å². The molecule has 134 valence electrons. The van der Waals surface area contributed by atoms with Gasteiger partial charge in [0.2, 0.25) is 0 Å². The molecule has 0 saturated heterocycles. The van der Waals surface area contributed by atoms with Crippen molar-refractivity contribution in [3.63, 3.8) is 0 Å². The van der Waals surface area contributed by atoms with Crippen molar-refractivity contribution in [2.75, 3.05) is 13.1 Å². The van der Waals surface area contributed by atoms with Crippen molar-refractivity contribution in [2.45, 2.75) is 66.5 Å². The molecule has 1 unspecified atom stereocenters. The van der Waals surface area contributed by atoms with Crippen LogP contribution in [0.3, 0.4) is 0 Å². The van der Waals surface area contributed by atoms with Crippen LogP contribution in [-0.2, 0) is 6.54 Å². The zero-order valence-corrected chi connectivity index (χ0v) is 17.6. The quantitative estimate of drug-likeness (QED) is 0.284. The molecule has 0 aliphatic rings. The number of aliphatic imine (C=N–C) groups is 1. The number of guanidine groups is 1. The van der Waals surface area contributed by atoms with Gasteiger partial charge in [0.25, 0.3) is 0 Å². The molecule has 6 heteroatoms. The molecule has 0 aliphatic heterocycles. The Bertz CT molecular complexity index is 423. The second-order valence-electron chi connectivity index (χ2n) is 7.06. The Balaban J connectivity index is 0.00000484. The van der Waals surface area contributed by atoms with Crippen LogP contribution in [0.5, 0.6) is 0 Å². The van der Waals surface area contributed by atoms with E-state index < -0.39 is 0 Å². The minimum Gasteiger partial charge on any atom is -0.357 e. The van der Waals surface area contributed by atoms with Crippen LogP contribution in [0.15, 0.2) is 23.7 Å². The van der Waals surface area contributed by atoms with E-state index in [0.717, 1.165) is 38.4 Å². The zero-order valence-electron chi connectivity index (χ0n) is 15.3. The minimum absolute atomic E-state index is 0. The van der Waals surface area contributed by atoms with E-state index in [0.29, 0.717) is 11.5 Å². The topological polar surface area (TPSA) is 54.2 Å². The lowest BCUT2D eigenvalue weighted by atomic mass is 9.89. The Hall–Kier alpha value is -0.790. The molecule has 5 nitrogen and oxygen atoms in total. The molecule has 0 radical (unpaired) electrons. The van der Waals surface area contributed by atoms with Gasteiger partial charge >= 0.3 is 0 Å². The summed E-state index contributed by atoms with van der Waals surface area (Å²) in [5, 5.41) is 6.83. The Morgan fingerprint density at radius 3 is 2.65 bits per heavy atom. The third-order valence-corrected chi connectivity index (χ3v) is 3.46. The highest BCUT2D eigenvalue weighted by Gasteiger charge is 2.13. The average molecular weight is 435 g/mol. The van der Waals surface area contributed by atoms with Crippen molar-refractivity contribution in [2.24, 2.45) is 10.4 Å². The maximum atomic E-state index is 4.66. The average Bonchev–Trinajstić information content (AvgIpc) is 2.94. The molecule has 2 N–H and O–H groups in total. The van der Waals surface area contributed by atoms with Gasteiger partial charge in [-0.25, -0.2) is 4.98 Å². The van der Waals surface area contributed by atoms with Gasteiger partial charge in [-0.15, -0.1) is 24.0 Å². The lowest BCUT2D eigenvalue weighted by Crippen LogP contribution is -2.42. The lowest BCUT2D eigenvalue weighted by Gasteiger charge is -2.23. The van der Waals surface area contributed by atoms with E-state index in [1.807, 2.05) is 18.7 Å². The molecule has 0 spiro atoms. The van der Waals surface area contributed by atoms with Gasteiger partial charge in [0.1, 0.15) is 0 Å². The Labute approximate surface area is 158 Å². The molecule has 1 rings (SSSR count). The van der Waals surface area contributed by atoms with E-state index in [9.17, 15) is 0 Å². The molecule has 0 aliphatic carbocycles. The zero-order chi connectivity index (χ0) is 16.4. The summed E-state index contributed by atoms with van der Waals surface area (Å²) in [5.74, 6) is 0.926. The largest absolute Gasteiger partial charge is 0.357 e. The fourth-order valence-electron chi connectivity index (χ4n) is 2.14. The lowest BCUT2D eigenvalue weighted by molar-refractivity contribution is 0.346. The van der Waals surface area contributed by atoms with Crippen LogP contribution in [0.1, 0.15) is 53.9 Å². The molecule has 23 heavy (non-hydrogen) atoms. The monoisotopic (exact) mass is 435 g/mol. The van der Waals surface area contributed by atoms with E-state index in [1.165, 1.54) is 6.42 Å².